The minimum atomic E-state index is -1.03. The maximum Gasteiger partial charge on any atom is 0.326 e. The van der Waals surface area contributed by atoms with Crippen molar-refractivity contribution >= 4 is 28.5 Å². The average Bonchev–Trinajstić information content (AvgIpc) is 2.62. The number of nitrogens with zero attached hydrogens (tertiary/aromatic N) is 1. The normalized spacial score (nSPS) is 12.2. The van der Waals surface area contributed by atoms with Gasteiger partial charge in [-0.25, -0.2) is 14.6 Å². The summed E-state index contributed by atoms with van der Waals surface area (Å²) in [5, 5.41) is 14.4. The standard InChI is InChI=1S/C11H17N3O3S/c1-6(2)4-8(9(15)16)13-10(17)14-11-12-5-7(3)18-11/h5-6,8H,4H2,1-3H3,(H,15,16)(H2,12,13,14,17). The van der Waals surface area contributed by atoms with Gasteiger partial charge in [-0.1, -0.05) is 13.8 Å². The Kier molecular flexibility index (Phi) is 5.08. The van der Waals surface area contributed by atoms with Crippen molar-refractivity contribution in [3.63, 3.8) is 0 Å². The second kappa shape index (κ2) is 6.34. The summed E-state index contributed by atoms with van der Waals surface area (Å²) < 4.78 is 0. The summed E-state index contributed by atoms with van der Waals surface area (Å²) >= 11 is 1.33. The van der Waals surface area contributed by atoms with Gasteiger partial charge < -0.3 is 10.4 Å². The number of nitrogens with one attached hydrogen (secondary N) is 2. The van der Waals surface area contributed by atoms with Crippen molar-refractivity contribution in [3.8, 4) is 0 Å². The first-order valence-electron chi connectivity index (χ1n) is 5.61. The zero-order valence-corrected chi connectivity index (χ0v) is 11.4. The molecule has 18 heavy (non-hydrogen) atoms. The molecule has 0 aliphatic rings. The highest BCUT2D eigenvalue weighted by Gasteiger charge is 2.21. The zero-order valence-electron chi connectivity index (χ0n) is 10.6. The minimum Gasteiger partial charge on any atom is -0.480 e. The number of aryl methyl sites for hydroxylation is 1. The molecule has 1 rings (SSSR count). The van der Waals surface area contributed by atoms with E-state index >= 15 is 0 Å². The lowest BCUT2D eigenvalue weighted by molar-refractivity contribution is -0.139. The highest BCUT2D eigenvalue weighted by atomic mass is 32.1. The molecule has 100 valence electrons. The van der Waals surface area contributed by atoms with Crippen LogP contribution >= 0.6 is 11.3 Å². The van der Waals surface area contributed by atoms with E-state index in [9.17, 15) is 9.59 Å². The van der Waals surface area contributed by atoms with E-state index in [0.717, 1.165) is 4.88 Å². The van der Waals surface area contributed by atoms with Crippen LogP contribution in [-0.4, -0.2) is 28.1 Å². The number of urea groups is 1. The highest BCUT2D eigenvalue weighted by Crippen LogP contribution is 2.16. The molecule has 6 nitrogen and oxygen atoms in total. The molecule has 0 saturated heterocycles. The van der Waals surface area contributed by atoms with Crippen molar-refractivity contribution in [1.82, 2.24) is 10.3 Å². The fourth-order valence-corrected chi connectivity index (χ4v) is 2.06. The van der Waals surface area contributed by atoms with Gasteiger partial charge in [0.1, 0.15) is 6.04 Å². The lowest BCUT2D eigenvalue weighted by Gasteiger charge is -2.16. The zero-order chi connectivity index (χ0) is 13.7. The molecule has 1 aromatic heterocycles. The van der Waals surface area contributed by atoms with E-state index in [4.69, 9.17) is 5.11 Å². The van der Waals surface area contributed by atoms with Gasteiger partial charge in [0.25, 0.3) is 0 Å². The van der Waals surface area contributed by atoms with E-state index in [1.807, 2.05) is 20.8 Å². The minimum absolute atomic E-state index is 0.188. The Morgan fingerprint density at radius 1 is 1.50 bits per heavy atom. The molecule has 0 spiro atoms. The van der Waals surface area contributed by atoms with Crippen LogP contribution in [0.4, 0.5) is 9.93 Å². The van der Waals surface area contributed by atoms with Gasteiger partial charge in [-0.05, 0) is 19.3 Å². The lowest BCUT2D eigenvalue weighted by atomic mass is 10.0. The maximum atomic E-state index is 11.6. The van der Waals surface area contributed by atoms with Crippen LogP contribution in [0, 0.1) is 12.8 Å². The molecule has 0 saturated carbocycles. The van der Waals surface area contributed by atoms with E-state index in [0.29, 0.717) is 11.6 Å². The number of anilines is 1. The van der Waals surface area contributed by atoms with Gasteiger partial charge in [0.05, 0.1) is 0 Å². The number of thiazole rings is 1. The Morgan fingerprint density at radius 3 is 2.61 bits per heavy atom. The van der Waals surface area contributed by atoms with E-state index in [1.54, 1.807) is 6.20 Å². The Morgan fingerprint density at radius 2 is 2.17 bits per heavy atom. The number of carboxylic acid groups (broad SMARTS) is 1. The first-order chi connectivity index (χ1) is 8.38. The van der Waals surface area contributed by atoms with E-state index in [2.05, 4.69) is 15.6 Å². The summed E-state index contributed by atoms with van der Waals surface area (Å²) in [6.07, 6.45) is 2.03. The summed E-state index contributed by atoms with van der Waals surface area (Å²) in [6.45, 7) is 5.68. The van der Waals surface area contributed by atoms with Crippen molar-refractivity contribution in [1.29, 1.82) is 0 Å². The van der Waals surface area contributed by atoms with Crippen LogP contribution in [0.25, 0.3) is 0 Å². The number of amides is 2. The number of aliphatic carboxylic acids is 1. The smallest absolute Gasteiger partial charge is 0.326 e. The largest absolute Gasteiger partial charge is 0.480 e. The summed E-state index contributed by atoms with van der Waals surface area (Å²) in [5.74, 6) is -0.845. The number of hydrogen-bond acceptors (Lipinski definition) is 4. The molecular weight excluding hydrogens is 254 g/mol. The summed E-state index contributed by atoms with van der Waals surface area (Å²) in [4.78, 5) is 27.5. The van der Waals surface area contributed by atoms with Gasteiger partial charge in [0, 0.05) is 11.1 Å². The first-order valence-corrected chi connectivity index (χ1v) is 6.43. The summed E-state index contributed by atoms with van der Waals surface area (Å²) in [5.41, 5.74) is 0. The third-order valence-electron chi connectivity index (χ3n) is 2.15. The third-order valence-corrected chi connectivity index (χ3v) is 2.98. The molecule has 2 amide bonds. The second-order valence-electron chi connectivity index (χ2n) is 4.39. The fourth-order valence-electron chi connectivity index (χ4n) is 1.40. The molecule has 0 bridgehead atoms. The van der Waals surface area contributed by atoms with Crippen LogP contribution in [0.3, 0.4) is 0 Å². The first kappa shape index (κ1) is 14.4. The van der Waals surface area contributed by atoms with Crippen LogP contribution in [0.15, 0.2) is 6.20 Å². The van der Waals surface area contributed by atoms with Crippen molar-refractivity contribution < 1.29 is 14.7 Å². The molecule has 3 N–H and O–H groups in total. The third kappa shape index (κ3) is 4.70. The van der Waals surface area contributed by atoms with Crippen molar-refractivity contribution in [2.45, 2.75) is 33.2 Å². The van der Waals surface area contributed by atoms with Gasteiger partial charge in [-0.2, -0.15) is 0 Å². The Balaban J connectivity index is 2.53. The van der Waals surface area contributed by atoms with Gasteiger partial charge in [-0.15, -0.1) is 11.3 Å². The van der Waals surface area contributed by atoms with Crippen LogP contribution in [-0.2, 0) is 4.79 Å². The molecular formula is C11H17N3O3S. The SMILES string of the molecule is Cc1cnc(NC(=O)NC(CC(C)C)C(=O)O)s1. The Hall–Kier alpha value is -1.63. The highest BCUT2D eigenvalue weighted by molar-refractivity contribution is 7.15. The fraction of sp³-hybridized carbons (Fsp3) is 0.545. The average molecular weight is 271 g/mol. The monoisotopic (exact) mass is 271 g/mol. The predicted octanol–water partition coefficient (Wildman–Crippen LogP) is 2.07. The number of carboxylic acids is 1. The molecule has 0 aliphatic carbocycles. The number of carbonyl (C=O) groups is 2. The van der Waals surface area contributed by atoms with Crippen LogP contribution < -0.4 is 10.6 Å². The number of carbonyl (C=O) groups excluding carboxylic acids is 1. The van der Waals surface area contributed by atoms with E-state index in [-0.39, 0.29) is 5.92 Å². The molecule has 1 unspecified atom stereocenters. The molecule has 0 fully saturated rings. The van der Waals surface area contributed by atoms with E-state index in [1.165, 1.54) is 11.3 Å². The topological polar surface area (TPSA) is 91.3 Å². The second-order valence-corrected chi connectivity index (χ2v) is 5.63. The van der Waals surface area contributed by atoms with Gasteiger partial charge >= 0.3 is 12.0 Å². The van der Waals surface area contributed by atoms with Crippen LogP contribution in [0.5, 0.6) is 0 Å². The van der Waals surface area contributed by atoms with Crippen LogP contribution in [0.2, 0.25) is 0 Å². The predicted molar refractivity (Wildman–Crippen MR) is 69.9 cm³/mol. The molecule has 1 heterocycles. The molecule has 0 aromatic carbocycles. The lowest BCUT2D eigenvalue weighted by Crippen LogP contribution is -2.43. The van der Waals surface area contributed by atoms with Crippen molar-refractivity contribution in [2.75, 3.05) is 5.32 Å². The van der Waals surface area contributed by atoms with E-state index < -0.39 is 18.0 Å². The summed E-state index contributed by atoms with van der Waals surface area (Å²) in [7, 11) is 0. The Labute approximate surface area is 109 Å². The molecule has 0 aliphatic heterocycles. The molecule has 1 aromatic rings. The quantitative estimate of drug-likeness (QED) is 0.764. The Bertz CT molecular complexity index is 431. The number of aromatic nitrogens is 1. The molecule has 7 heteroatoms. The van der Waals surface area contributed by atoms with Crippen molar-refractivity contribution in [2.24, 2.45) is 5.92 Å². The molecule has 1 atom stereocenters. The van der Waals surface area contributed by atoms with Gasteiger partial charge in [0.2, 0.25) is 0 Å². The number of hydrogen-bond donors (Lipinski definition) is 3. The summed E-state index contributed by atoms with van der Waals surface area (Å²) in [6, 6.07) is -1.43. The molecule has 0 radical (unpaired) electrons. The van der Waals surface area contributed by atoms with Crippen LogP contribution in [0.1, 0.15) is 25.1 Å². The van der Waals surface area contributed by atoms with Crippen molar-refractivity contribution in [3.05, 3.63) is 11.1 Å². The maximum absolute atomic E-state index is 11.6. The number of rotatable bonds is 5. The van der Waals surface area contributed by atoms with Gasteiger partial charge in [-0.3, -0.25) is 5.32 Å². The van der Waals surface area contributed by atoms with Gasteiger partial charge in [0.15, 0.2) is 5.13 Å².